The van der Waals surface area contributed by atoms with E-state index in [2.05, 4.69) is 16.7 Å². The fraction of sp³-hybridized carbons (Fsp3) is 0.677. The third-order valence-corrected chi connectivity index (χ3v) is 10.5. The van der Waals surface area contributed by atoms with Crippen LogP contribution in [-0.4, -0.2) is 47.7 Å². The Kier molecular flexibility index (Phi) is 6.71. The Hall–Kier alpha value is -3.28. The molecule has 2 amide bonds. The second kappa shape index (κ2) is 9.97. The highest BCUT2D eigenvalue weighted by Gasteiger charge is 2.58. The van der Waals surface area contributed by atoms with Gasteiger partial charge in [-0.05, 0) is 101 Å². The van der Waals surface area contributed by atoms with E-state index in [9.17, 15) is 24.8 Å². The smallest absolute Gasteiger partial charge is 0.309 e. The monoisotopic (exact) mass is 549 g/mol. The number of nitriles is 1. The second-order valence-electron chi connectivity index (χ2n) is 13.1. The molecule has 3 N–H and O–H groups in total. The highest BCUT2D eigenvalue weighted by atomic mass is 16.5. The normalized spacial score (nSPS) is 33.5. The van der Waals surface area contributed by atoms with Gasteiger partial charge in [0, 0.05) is 17.6 Å². The summed E-state index contributed by atoms with van der Waals surface area (Å²) in [5.41, 5.74) is -0.255. The molecule has 214 valence electrons. The molecule has 0 radical (unpaired) electrons. The van der Waals surface area contributed by atoms with E-state index in [4.69, 9.17) is 9.47 Å². The number of carboxylic acid groups (broad SMARTS) is 1. The summed E-state index contributed by atoms with van der Waals surface area (Å²) in [6.45, 7) is 1.75. The van der Waals surface area contributed by atoms with Crippen LogP contribution in [0.2, 0.25) is 0 Å². The quantitative estimate of drug-likeness (QED) is 0.420. The molecule has 0 heterocycles. The second-order valence-corrected chi connectivity index (χ2v) is 13.1. The van der Waals surface area contributed by atoms with Gasteiger partial charge in [-0.2, -0.15) is 5.26 Å². The Bertz CT molecular complexity index is 1250. The lowest BCUT2D eigenvalue weighted by molar-refractivity contribution is -0.150. The van der Waals surface area contributed by atoms with Crippen LogP contribution >= 0.6 is 0 Å². The molecule has 5 saturated carbocycles. The Balaban J connectivity index is 1.19. The highest BCUT2D eigenvalue weighted by Crippen LogP contribution is 2.55. The van der Waals surface area contributed by atoms with Gasteiger partial charge in [0.2, 0.25) is 5.91 Å². The lowest BCUT2D eigenvalue weighted by atomic mass is 9.75. The number of nitrogens with zero attached hydrogens (tertiary/aromatic N) is 1. The van der Waals surface area contributed by atoms with Gasteiger partial charge in [-0.25, -0.2) is 0 Å². The van der Waals surface area contributed by atoms with Gasteiger partial charge in [-0.1, -0.05) is 0 Å². The maximum Gasteiger partial charge on any atom is 0.309 e. The summed E-state index contributed by atoms with van der Waals surface area (Å²) in [5, 5.41) is 25.9. The Morgan fingerprint density at radius 3 is 2.30 bits per heavy atom. The van der Waals surface area contributed by atoms with E-state index in [1.54, 1.807) is 13.0 Å². The summed E-state index contributed by atoms with van der Waals surface area (Å²) in [6, 6.07) is 4.98. The number of ether oxygens (including phenoxy) is 2. The predicted octanol–water partition coefficient (Wildman–Crippen LogP) is 4.18. The van der Waals surface area contributed by atoms with Crippen LogP contribution in [-0.2, 0) is 9.59 Å². The standard InChI is InChI=1S/C31H39N3O6/c1-30(29(37)38)9-7-21(8-10-30)40-23-15-22(24(39-2)14-19(23)16-32)27(35)33-26-18-4-3-17(13-18)25(26)28(36)34-31(11-12-31)20-5-6-20/h14-15,17-18,20-21,25-26H,3-13H2,1-2H3,(H,33,35)(H,34,36)(H,37,38)/t17-,18+,21?,25+,26-,30?/m1/s1. The van der Waals surface area contributed by atoms with Crippen LogP contribution in [0.25, 0.3) is 0 Å². The van der Waals surface area contributed by atoms with Gasteiger partial charge in [0.05, 0.1) is 35.7 Å². The van der Waals surface area contributed by atoms with E-state index < -0.39 is 11.4 Å². The van der Waals surface area contributed by atoms with Crippen LogP contribution in [0.15, 0.2) is 12.1 Å². The van der Waals surface area contributed by atoms with Crippen molar-refractivity contribution in [1.82, 2.24) is 10.6 Å². The molecule has 40 heavy (non-hydrogen) atoms. The van der Waals surface area contributed by atoms with Gasteiger partial charge in [0.1, 0.15) is 17.6 Å². The minimum Gasteiger partial charge on any atom is -0.496 e. The van der Waals surface area contributed by atoms with E-state index in [0.717, 1.165) is 32.1 Å². The maximum absolute atomic E-state index is 13.7. The molecule has 0 aliphatic heterocycles. The lowest BCUT2D eigenvalue weighted by Crippen LogP contribution is -2.52. The summed E-state index contributed by atoms with van der Waals surface area (Å²) in [7, 11) is 1.46. The van der Waals surface area contributed by atoms with Crippen molar-refractivity contribution in [3.05, 3.63) is 23.3 Å². The van der Waals surface area contributed by atoms with Crippen LogP contribution in [0, 0.1) is 40.4 Å². The average molecular weight is 550 g/mol. The molecule has 9 nitrogen and oxygen atoms in total. The van der Waals surface area contributed by atoms with Gasteiger partial charge in [-0.3, -0.25) is 14.4 Å². The van der Waals surface area contributed by atoms with Gasteiger partial charge < -0.3 is 25.2 Å². The fourth-order valence-electron chi connectivity index (χ4n) is 7.67. The van der Waals surface area contributed by atoms with Crippen molar-refractivity contribution in [2.24, 2.45) is 29.1 Å². The number of carbonyl (C=O) groups is 3. The zero-order chi connectivity index (χ0) is 28.2. The largest absolute Gasteiger partial charge is 0.496 e. The summed E-state index contributed by atoms with van der Waals surface area (Å²) >= 11 is 0. The minimum atomic E-state index is -0.806. The van der Waals surface area contributed by atoms with Crippen LogP contribution in [0.3, 0.4) is 0 Å². The van der Waals surface area contributed by atoms with Crippen LogP contribution < -0.4 is 20.1 Å². The number of carboxylic acids is 1. The molecule has 5 aliphatic carbocycles. The van der Waals surface area contributed by atoms with Gasteiger partial charge in [0.25, 0.3) is 5.91 Å². The number of carbonyl (C=O) groups excluding carboxylic acids is 2. The van der Waals surface area contributed by atoms with Crippen LogP contribution in [0.4, 0.5) is 0 Å². The molecule has 0 aromatic heterocycles. The van der Waals surface area contributed by atoms with Gasteiger partial charge in [-0.15, -0.1) is 0 Å². The zero-order valence-corrected chi connectivity index (χ0v) is 23.3. The molecular formula is C31H39N3O6. The van der Waals surface area contributed by atoms with Crippen molar-refractivity contribution < 1.29 is 29.0 Å². The third-order valence-electron chi connectivity index (χ3n) is 10.5. The fourth-order valence-corrected chi connectivity index (χ4v) is 7.67. The molecule has 6 rings (SSSR count). The number of rotatable bonds is 9. The van der Waals surface area contributed by atoms with Crippen molar-refractivity contribution in [1.29, 1.82) is 5.26 Å². The summed E-state index contributed by atoms with van der Waals surface area (Å²) < 4.78 is 11.7. The minimum absolute atomic E-state index is 0.00289. The van der Waals surface area contributed by atoms with Crippen LogP contribution in [0.5, 0.6) is 11.5 Å². The number of methoxy groups -OCH3 is 1. The number of benzene rings is 1. The molecule has 5 fully saturated rings. The summed E-state index contributed by atoms with van der Waals surface area (Å²) in [4.78, 5) is 38.9. The highest BCUT2D eigenvalue weighted by molar-refractivity contribution is 5.98. The van der Waals surface area contributed by atoms with E-state index in [1.165, 1.54) is 26.0 Å². The molecule has 0 spiro atoms. The zero-order valence-electron chi connectivity index (χ0n) is 23.3. The van der Waals surface area contributed by atoms with E-state index in [0.29, 0.717) is 37.4 Å². The topological polar surface area (TPSA) is 138 Å². The van der Waals surface area contributed by atoms with Crippen molar-refractivity contribution in [2.75, 3.05) is 7.11 Å². The predicted molar refractivity (Wildman–Crippen MR) is 145 cm³/mol. The Labute approximate surface area is 235 Å². The first-order valence-electron chi connectivity index (χ1n) is 14.8. The van der Waals surface area contributed by atoms with Gasteiger partial charge >= 0.3 is 5.97 Å². The Morgan fingerprint density at radius 1 is 1.00 bits per heavy atom. The first-order chi connectivity index (χ1) is 19.2. The molecule has 9 heteroatoms. The van der Waals surface area contributed by atoms with E-state index in [1.807, 2.05) is 0 Å². The SMILES string of the molecule is COc1cc(C#N)c(OC2CCC(C)(C(=O)O)CC2)cc1C(=O)N[C@@H]1[C@H]2CC[C@H](C2)[C@@H]1C(=O)NC1(C2CC2)CC1. The van der Waals surface area contributed by atoms with Crippen molar-refractivity contribution in [3.8, 4) is 17.6 Å². The number of amides is 2. The molecule has 0 saturated heterocycles. The summed E-state index contributed by atoms with van der Waals surface area (Å²) in [6.07, 6.45) is 9.29. The first-order valence-corrected chi connectivity index (χ1v) is 14.8. The maximum atomic E-state index is 13.7. The molecule has 2 bridgehead atoms. The van der Waals surface area contributed by atoms with E-state index >= 15 is 0 Å². The lowest BCUT2D eigenvalue weighted by Gasteiger charge is -2.34. The number of hydrogen-bond acceptors (Lipinski definition) is 6. The summed E-state index contributed by atoms with van der Waals surface area (Å²) in [5.74, 6) is 0.450. The molecule has 1 aromatic carbocycles. The number of aliphatic carboxylic acids is 1. The average Bonchev–Trinajstić information content (AvgIpc) is 3.86. The molecular weight excluding hydrogens is 510 g/mol. The first kappa shape index (κ1) is 26.9. The number of hydrogen-bond donors (Lipinski definition) is 3. The number of fused-ring (bicyclic) bond motifs is 2. The van der Waals surface area contributed by atoms with Crippen molar-refractivity contribution in [2.45, 2.75) is 95.2 Å². The molecule has 1 aromatic rings. The molecule has 4 atom stereocenters. The van der Waals surface area contributed by atoms with Crippen molar-refractivity contribution in [3.63, 3.8) is 0 Å². The van der Waals surface area contributed by atoms with Crippen LogP contribution in [0.1, 0.15) is 93.5 Å². The number of nitrogens with one attached hydrogen (secondary N) is 2. The van der Waals surface area contributed by atoms with E-state index in [-0.39, 0.29) is 64.1 Å². The molecule has 5 aliphatic rings. The van der Waals surface area contributed by atoms with Crippen molar-refractivity contribution >= 4 is 17.8 Å². The molecule has 0 unspecified atom stereocenters. The Morgan fingerprint density at radius 2 is 1.70 bits per heavy atom. The third kappa shape index (κ3) is 4.80. The van der Waals surface area contributed by atoms with Gasteiger partial charge in [0.15, 0.2) is 0 Å².